The van der Waals surface area contributed by atoms with Gasteiger partial charge in [0.1, 0.15) is 0 Å². The highest BCUT2D eigenvalue weighted by atomic mass is 35.5. The van der Waals surface area contributed by atoms with Crippen molar-refractivity contribution in [2.75, 3.05) is 11.2 Å². The van der Waals surface area contributed by atoms with Gasteiger partial charge < -0.3 is 9.88 Å². The van der Waals surface area contributed by atoms with E-state index in [1.54, 1.807) is 6.20 Å². The monoisotopic (exact) mass is 173 g/mol. The molecule has 4 heteroatoms. The first-order valence-electron chi connectivity index (χ1n) is 3.54. The van der Waals surface area contributed by atoms with Crippen LogP contribution in [0.5, 0.6) is 0 Å². The maximum absolute atomic E-state index is 5.62. The van der Waals surface area contributed by atoms with Crippen LogP contribution in [0.4, 0.5) is 5.95 Å². The molecule has 1 aromatic heterocycles. The normalized spacial score (nSPS) is 13.0. The molecule has 0 aliphatic carbocycles. The number of aryl methyl sites for hydroxylation is 1. The maximum Gasteiger partial charge on any atom is 0.202 e. The number of halogens is 1. The van der Waals surface area contributed by atoms with Gasteiger partial charge in [-0.3, -0.25) is 0 Å². The van der Waals surface area contributed by atoms with E-state index in [9.17, 15) is 0 Å². The van der Waals surface area contributed by atoms with Gasteiger partial charge in [-0.25, -0.2) is 4.98 Å². The lowest BCUT2D eigenvalue weighted by molar-refractivity contribution is 0.837. The molecular weight excluding hydrogens is 162 g/mol. The summed E-state index contributed by atoms with van der Waals surface area (Å²) in [7, 11) is 1.94. The van der Waals surface area contributed by atoms with E-state index in [4.69, 9.17) is 11.6 Å². The second-order valence-electron chi connectivity index (χ2n) is 2.56. The smallest absolute Gasteiger partial charge is 0.202 e. The Hall–Kier alpha value is -0.700. The van der Waals surface area contributed by atoms with E-state index >= 15 is 0 Å². The van der Waals surface area contributed by atoms with Crippen LogP contribution < -0.4 is 5.32 Å². The summed E-state index contributed by atoms with van der Waals surface area (Å²) in [4.78, 5) is 4.10. The second-order valence-corrected chi connectivity index (χ2v) is 2.87. The fraction of sp³-hybridized carbons (Fsp3) is 0.571. The number of rotatable bonds is 3. The van der Waals surface area contributed by atoms with Crippen molar-refractivity contribution in [1.29, 1.82) is 0 Å². The quantitative estimate of drug-likeness (QED) is 0.702. The van der Waals surface area contributed by atoms with Crippen molar-refractivity contribution in [3.05, 3.63) is 12.4 Å². The molecule has 0 aliphatic heterocycles. The van der Waals surface area contributed by atoms with Crippen molar-refractivity contribution in [3.8, 4) is 0 Å². The first kappa shape index (κ1) is 8.40. The number of aromatic nitrogens is 2. The van der Waals surface area contributed by atoms with E-state index < -0.39 is 0 Å². The fourth-order valence-electron chi connectivity index (χ4n) is 0.764. The van der Waals surface area contributed by atoms with Crippen molar-refractivity contribution in [2.45, 2.75) is 13.0 Å². The highest BCUT2D eigenvalue weighted by molar-refractivity contribution is 6.18. The van der Waals surface area contributed by atoms with Crippen LogP contribution in [0.2, 0.25) is 0 Å². The van der Waals surface area contributed by atoms with Crippen LogP contribution in [-0.2, 0) is 7.05 Å². The molecule has 0 spiro atoms. The van der Waals surface area contributed by atoms with Crippen LogP contribution >= 0.6 is 11.6 Å². The van der Waals surface area contributed by atoms with E-state index in [1.165, 1.54) is 0 Å². The minimum Gasteiger partial charge on any atom is -0.352 e. The molecule has 0 amide bonds. The lowest BCUT2D eigenvalue weighted by atomic mass is 10.4. The molecule has 1 rings (SSSR count). The summed E-state index contributed by atoms with van der Waals surface area (Å²) in [5.41, 5.74) is 0. The molecule has 3 nitrogen and oxygen atoms in total. The van der Waals surface area contributed by atoms with Crippen molar-refractivity contribution >= 4 is 17.5 Å². The molecule has 1 aromatic rings. The molecule has 0 aromatic carbocycles. The van der Waals surface area contributed by atoms with E-state index in [0.717, 1.165) is 5.95 Å². The molecule has 0 fully saturated rings. The van der Waals surface area contributed by atoms with Gasteiger partial charge in [0, 0.05) is 31.4 Å². The van der Waals surface area contributed by atoms with Crippen LogP contribution in [0.15, 0.2) is 12.4 Å². The van der Waals surface area contributed by atoms with Gasteiger partial charge in [-0.1, -0.05) is 0 Å². The summed E-state index contributed by atoms with van der Waals surface area (Å²) in [6, 6.07) is 0.262. The van der Waals surface area contributed by atoms with Crippen molar-refractivity contribution in [1.82, 2.24) is 9.55 Å². The minimum atomic E-state index is 0.262. The van der Waals surface area contributed by atoms with Gasteiger partial charge in [-0.2, -0.15) is 0 Å². The number of imidazole rings is 1. The van der Waals surface area contributed by atoms with Gasteiger partial charge in [-0.15, -0.1) is 11.6 Å². The summed E-state index contributed by atoms with van der Waals surface area (Å²) in [6.45, 7) is 2.02. The van der Waals surface area contributed by atoms with E-state index in [0.29, 0.717) is 5.88 Å². The molecule has 0 aliphatic rings. The maximum atomic E-state index is 5.62. The Labute approximate surface area is 71.4 Å². The molecule has 1 N–H and O–H groups in total. The Kier molecular flexibility index (Phi) is 2.76. The van der Waals surface area contributed by atoms with E-state index in [2.05, 4.69) is 10.3 Å². The first-order chi connectivity index (χ1) is 5.24. The lowest BCUT2D eigenvalue weighted by Gasteiger charge is -2.10. The predicted molar refractivity (Wildman–Crippen MR) is 47.0 cm³/mol. The molecule has 0 bridgehead atoms. The average Bonchev–Trinajstić information content (AvgIpc) is 2.37. The molecule has 11 heavy (non-hydrogen) atoms. The van der Waals surface area contributed by atoms with Crippen LogP contribution in [0.3, 0.4) is 0 Å². The Bertz CT molecular complexity index is 221. The zero-order valence-electron chi connectivity index (χ0n) is 6.71. The van der Waals surface area contributed by atoms with Gasteiger partial charge in [0.15, 0.2) is 0 Å². The zero-order valence-corrected chi connectivity index (χ0v) is 7.47. The Morgan fingerprint density at radius 1 is 1.82 bits per heavy atom. The third-order valence-electron chi connectivity index (χ3n) is 1.43. The Morgan fingerprint density at radius 3 is 3.00 bits per heavy atom. The minimum absolute atomic E-state index is 0.262. The number of hydrogen-bond donors (Lipinski definition) is 1. The highest BCUT2D eigenvalue weighted by Gasteiger charge is 2.02. The summed E-state index contributed by atoms with van der Waals surface area (Å²) in [5, 5.41) is 3.16. The summed E-state index contributed by atoms with van der Waals surface area (Å²) < 4.78 is 1.92. The van der Waals surface area contributed by atoms with Gasteiger partial charge in [-0.05, 0) is 6.92 Å². The largest absolute Gasteiger partial charge is 0.352 e. The van der Waals surface area contributed by atoms with E-state index in [1.807, 2.05) is 24.7 Å². The topological polar surface area (TPSA) is 29.9 Å². The third kappa shape index (κ3) is 2.12. The Morgan fingerprint density at radius 2 is 2.55 bits per heavy atom. The average molecular weight is 174 g/mol. The van der Waals surface area contributed by atoms with Gasteiger partial charge in [0.25, 0.3) is 0 Å². The lowest BCUT2D eigenvalue weighted by Crippen LogP contribution is -2.18. The first-order valence-corrected chi connectivity index (χ1v) is 4.07. The van der Waals surface area contributed by atoms with Crippen molar-refractivity contribution in [3.63, 3.8) is 0 Å². The summed E-state index contributed by atoms with van der Waals surface area (Å²) in [5.74, 6) is 1.45. The molecule has 1 atom stereocenters. The highest BCUT2D eigenvalue weighted by Crippen LogP contribution is 2.03. The molecule has 0 saturated carbocycles. The predicted octanol–water partition coefficient (Wildman–Crippen LogP) is 1.46. The Balaban J connectivity index is 2.56. The molecule has 0 radical (unpaired) electrons. The van der Waals surface area contributed by atoms with Crippen LogP contribution in [-0.4, -0.2) is 21.5 Å². The zero-order chi connectivity index (χ0) is 8.27. The molecule has 62 valence electrons. The van der Waals surface area contributed by atoms with Gasteiger partial charge >= 0.3 is 0 Å². The molecule has 1 heterocycles. The van der Waals surface area contributed by atoms with Crippen molar-refractivity contribution in [2.24, 2.45) is 7.05 Å². The number of alkyl halides is 1. The van der Waals surface area contributed by atoms with Crippen LogP contribution in [0, 0.1) is 0 Å². The number of nitrogens with one attached hydrogen (secondary N) is 1. The van der Waals surface area contributed by atoms with Crippen LogP contribution in [0.25, 0.3) is 0 Å². The van der Waals surface area contributed by atoms with E-state index in [-0.39, 0.29) is 6.04 Å². The van der Waals surface area contributed by atoms with Gasteiger partial charge in [0.05, 0.1) is 0 Å². The SMILES string of the molecule is CC(CCl)Nc1nccn1C. The van der Waals surface area contributed by atoms with Crippen LogP contribution in [0.1, 0.15) is 6.92 Å². The standard InChI is InChI=1S/C7H12ClN3/c1-6(5-8)10-7-9-3-4-11(7)2/h3-4,6H,5H2,1-2H3,(H,9,10). The molecule has 0 saturated heterocycles. The van der Waals surface area contributed by atoms with Gasteiger partial charge in [0.2, 0.25) is 5.95 Å². The number of anilines is 1. The molecular formula is C7H12ClN3. The number of hydrogen-bond acceptors (Lipinski definition) is 2. The third-order valence-corrected chi connectivity index (χ3v) is 1.89. The summed E-state index contributed by atoms with van der Waals surface area (Å²) in [6.07, 6.45) is 3.65. The molecule has 1 unspecified atom stereocenters. The van der Waals surface area contributed by atoms with Crippen molar-refractivity contribution < 1.29 is 0 Å². The fourth-order valence-corrected chi connectivity index (χ4v) is 0.841. The second kappa shape index (κ2) is 3.62. The summed E-state index contributed by atoms with van der Waals surface area (Å²) >= 11 is 5.62. The number of nitrogens with zero attached hydrogens (tertiary/aromatic N) is 2.